The lowest BCUT2D eigenvalue weighted by molar-refractivity contribution is -0.384. The van der Waals surface area contributed by atoms with Gasteiger partial charge in [-0.25, -0.2) is 0 Å². The van der Waals surface area contributed by atoms with Crippen molar-refractivity contribution in [2.24, 2.45) is 0 Å². The van der Waals surface area contributed by atoms with Gasteiger partial charge in [-0.15, -0.1) is 0 Å². The van der Waals surface area contributed by atoms with Gasteiger partial charge in [0.15, 0.2) is 6.10 Å². The summed E-state index contributed by atoms with van der Waals surface area (Å²) in [6.07, 6.45) is -0.689. The van der Waals surface area contributed by atoms with Crippen LogP contribution in [0.25, 0.3) is 0 Å². The zero-order chi connectivity index (χ0) is 17.0. The maximum absolute atomic E-state index is 12.2. The molecule has 0 aromatic heterocycles. The first-order valence-corrected chi connectivity index (χ1v) is 7.16. The van der Waals surface area contributed by atoms with Crippen LogP contribution in [0.4, 0.5) is 11.4 Å². The van der Waals surface area contributed by atoms with E-state index in [-0.39, 0.29) is 11.6 Å². The van der Waals surface area contributed by atoms with Gasteiger partial charge in [-0.1, -0.05) is 12.1 Å². The Morgan fingerprint density at radius 3 is 2.57 bits per heavy atom. The number of carbonyl (C=O) groups is 1. The van der Waals surface area contributed by atoms with Crippen molar-refractivity contribution in [1.29, 1.82) is 0 Å². The number of anilines is 1. The minimum atomic E-state index is -0.689. The predicted octanol–water partition coefficient (Wildman–Crippen LogP) is 3.62. The molecule has 0 saturated heterocycles. The average Bonchev–Trinajstić information content (AvgIpc) is 2.49. The van der Waals surface area contributed by atoms with Gasteiger partial charge in [0.1, 0.15) is 5.75 Å². The summed E-state index contributed by atoms with van der Waals surface area (Å²) in [6.45, 7) is 5.30. The van der Waals surface area contributed by atoms with E-state index in [1.807, 2.05) is 25.1 Å². The second-order valence-corrected chi connectivity index (χ2v) is 5.32. The molecule has 0 unspecified atom stereocenters. The number of non-ortho nitro benzene ring substituents is 1. The van der Waals surface area contributed by atoms with Crippen LogP contribution in [0.1, 0.15) is 18.1 Å². The number of nitrogens with one attached hydrogen (secondary N) is 1. The number of hydrogen-bond donors (Lipinski definition) is 1. The Morgan fingerprint density at radius 1 is 1.22 bits per heavy atom. The molecular weight excluding hydrogens is 296 g/mol. The Kier molecular flexibility index (Phi) is 4.95. The minimum absolute atomic E-state index is 0.00967. The highest BCUT2D eigenvalue weighted by Crippen LogP contribution is 2.22. The van der Waals surface area contributed by atoms with Crippen LogP contribution in [-0.2, 0) is 4.79 Å². The molecule has 0 fully saturated rings. The van der Waals surface area contributed by atoms with Gasteiger partial charge in [-0.05, 0) is 50.1 Å². The van der Waals surface area contributed by atoms with E-state index in [0.29, 0.717) is 17.0 Å². The molecular formula is C17H18N2O4. The molecule has 0 radical (unpaired) electrons. The van der Waals surface area contributed by atoms with Gasteiger partial charge in [0, 0.05) is 17.8 Å². The van der Waals surface area contributed by atoms with Gasteiger partial charge >= 0.3 is 0 Å². The molecule has 6 nitrogen and oxygen atoms in total. The molecule has 1 amide bonds. The van der Waals surface area contributed by atoms with Crippen LogP contribution in [0.5, 0.6) is 5.75 Å². The smallest absolute Gasteiger partial charge is 0.269 e. The van der Waals surface area contributed by atoms with Crippen LogP contribution in [0, 0.1) is 24.0 Å². The first-order valence-electron chi connectivity index (χ1n) is 7.16. The largest absolute Gasteiger partial charge is 0.481 e. The van der Waals surface area contributed by atoms with Gasteiger partial charge in [-0.2, -0.15) is 0 Å². The highest BCUT2D eigenvalue weighted by atomic mass is 16.6. The molecule has 0 spiro atoms. The Morgan fingerprint density at radius 2 is 1.96 bits per heavy atom. The molecule has 23 heavy (non-hydrogen) atoms. The summed E-state index contributed by atoms with van der Waals surface area (Å²) in [5.41, 5.74) is 2.18. The zero-order valence-electron chi connectivity index (χ0n) is 13.2. The van der Waals surface area contributed by atoms with E-state index in [1.165, 1.54) is 18.2 Å². The molecule has 0 aliphatic heterocycles. The van der Waals surface area contributed by atoms with Crippen LogP contribution < -0.4 is 10.1 Å². The third-order valence-corrected chi connectivity index (χ3v) is 3.35. The Labute approximate surface area is 134 Å². The maximum atomic E-state index is 12.2. The van der Waals surface area contributed by atoms with E-state index in [4.69, 9.17) is 4.74 Å². The fraction of sp³-hybridized carbons (Fsp3) is 0.235. The number of rotatable bonds is 5. The molecule has 2 rings (SSSR count). The van der Waals surface area contributed by atoms with E-state index in [0.717, 1.165) is 5.56 Å². The maximum Gasteiger partial charge on any atom is 0.269 e. The molecule has 0 aliphatic carbocycles. The van der Waals surface area contributed by atoms with Crippen molar-refractivity contribution < 1.29 is 14.5 Å². The van der Waals surface area contributed by atoms with Crippen LogP contribution in [0.3, 0.4) is 0 Å². The molecule has 0 heterocycles. The normalized spacial score (nSPS) is 11.6. The van der Waals surface area contributed by atoms with Gasteiger partial charge in [0.25, 0.3) is 11.6 Å². The number of amides is 1. The topological polar surface area (TPSA) is 81.5 Å². The molecule has 120 valence electrons. The SMILES string of the molecule is Cc1cccc(O[C@@H](C)C(=O)Nc2ccc([N+](=O)[O-])cc2C)c1. The molecule has 0 saturated carbocycles. The zero-order valence-corrected chi connectivity index (χ0v) is 13.2. The number of nitro benzene ring substituents is 1. The summed E-state index contributed by atoms with van der Waals surface area (Å²) in [5, 5.41) is 13.4. The fourth-order valence-corrected chi connectivity index (χ4v) is 2.08. The lowest BCUT2D eigenvalue weighted by atomic mass is 10.1. The number of ether oxygens (including phenoxy) is 1. The number of hydrogen-bond acceptors (Lipinski definition) is 4. The monoisotopic (exact) mass is 314 g/mol. The summed E-state index contributed by atoms with van der Waals surface area (Å²) in [7, 11) is 0. The number of carbonyl (C=O) groups excluding carboxylic acids is 1. The fourth-order valence-electron chi connectivity index (χ4n) is 2.08. The summed E-state index contributed by atoms with van der Waals surface area (Å²) in [5.74, 6) is 0.302. The van der Waals surface area contributed by atoms with E-state index < -0.39 is 11.0 Å². The highest BCUT2D eigenvalue weighted by Gasteiger charge is 2.17. The predicted molar refractivity (Wildman–Crippen MR) is 87.7 cm³/mol. The quantitative estimate of drug-likeness (QED) is 0.675. The van der Waals surface area contributed by atoms with E-state index in [9.17, 15) is 14.9 Å². The molecule has 2 aromatic carbocycles. The first kappa shape index (κ1) is 16.5. The van der Waals surface area contributed by atoms with Crippen LogP contribution in [0.2, 0.25) is 0 Å². The molecule has 1 N–H and O–H groups in total. The van der Waals surface area contributed by atoms with Crippen LogP contribution in [-0.4, -0.2) is 16.9 Å². The van der Waals surface area contributed by atoms with Crippen molar-refractivity contribution in [2.45, 2.75) is 26.9 Å². The van der Waals surface area contributed by atoms with Crippen molar-refractivity contribution in [3.63, 3.8) is 0 Å². The van der Waals surface area contributed by atoms with Crippen molar-refractivity contribution in [3.8, 4) is 5.75 Å². The Hall–Kier alpha value is -2.89. The second-order valence-electron chi connectivity index (χ2n) is 5.32. The summed E-state index contributed by atoms with van der Waals surface area (Å²) in [4.78, 5) is 22.5. The number of nitrogens with zero attached hydrogens (tertiary/aromatic N) is 1. The molecule has 1 atom stereocenters. The minimum Gasteiger partial charge on any atom is -0.481 e. The Balaban J connectivity index is 2.05. The number of benzene rings is 2. The molecule has 0 bridgehead atoms. The van der Waals surface area contributed by atoms with Crippen molar-refractivity contribution in [1.82, 2.24) is 0 Å². The average molecular weight is 314 g/mol. The van der Waals surface area contributed by atoms with Crippen LogP contribution in [0.15, 0.2) is 42.5 Å². The summed E-state index contributed by atoms with van der Waals surface area (Å²) < 4.78 is 5.61. The van der Waals surface area contributed by atoms with Gasteiger partial charge in [0.05, 0.1) is 4.92 Å². The summed E-state index contributed by atoms with van der Waals surface area (Å²) in [6, 6.07) is 11.7. The van der Waals surface area contributed by atoms with E-state index in [2.05, 4.69) is 5.32 Å². The lowest BCUT2D eigenvalue weighted by Crippen LogP contribution is -2.30. The molecule has 2 aromatic rings. The second kappa shape index (κ2) is 6.91. The first-order chi connectivity index (χ1) is 10.9. The molecule has 0 aliphatic rings. The van der Waals surface area contributed by atoms with Gasteiger partial charge in [0.2, 0.25) is 0 Å². The third-order valence-electron chi connectivity index (χ3n) is 3.35. The standard InChI is InChI=1S/C17H18N2O4/c1-11-5-4-6-15(9-11)23-13(3)17(20)18-16-8-7-14(19(21)22)10-12(16)2/h4-10,13H,1-3H3,(H,18,20)/t13-/m0/s1. The highest BCUT2D eigenvalue weighted by molar-refractivity contribution is 5.94. The van der Waals surface area contributed by atoms with Crippen molar-refractivity contribution >= 4 is 17.3 Å². The van der Waals surface area contributed by atoms with E-state index in [1.54, 1.807) is 19.9 Å². The Bertz CT molecular complexity index is 743. The molecule has 6 heteroatoms. The van der Waals surface area contributed by atoms with Crippen LogP contribution >= 0.6 is 0 Å². The third kappa shape index (κ3) is 4.29. The summed E-state index contributed by atoms with van der Waals surface area (Å²) >= 11 is 0. The van der Waals surface area contributed by atoms with Crippen molar-refractivity contribution in [3.05, 3.63) is 63.7 Å². The van der Waals surface area contributed by atoms with E-state index >= 15 is 0 Å². The number of nitro groups is 1. The lowest BCUT2D eigenvalue weighted by Gasteiger charge is -2.16. The van der Waals surface area contributed by atoms with Crippen molar-refractivity contribution in [2.75, 3.05) is 5.32 Å². The van der Waals surface area contributed by atoms with Gasteiger partial charge in [-0.3, -0.25) is 14.9 Å². The number of aryl methyl sites for hydroxylation is 2. The van der Waals surface area contributed by atoms with Gasteiger partial charge < -0.3 is 10.1 Å².